The molecule has 116 valence electrons. The molecule has 1 aliphatic rings. The van der Waals surface area contributed by atoms with E-state index in [2.05, 4.69) is 10.2 Å². The summed E-state index contributed by atoms with van der Waals surface area (Å²) in [6.07, 6.45) is 0.305. The monoisotopic (exact) mass is 292 g/mol. The van der Waals surface area contributed by atoms with Crippen LogP contribution in [0.3, 0.4) is 0 Å². The molecule has 5 heteroatoms. The van der Waals surface area contributed by atoms with Crippen molar-refractivity contribution in [2.45, 2.75) is 18.9 Å². The number of aliphatic hydroxyl groups excluding tert-OH is 1. The van der Waals surface area contributed by atoms with Gasteiger partial charge in [0.2, 0.25) is 5.91 Å². The first kappa shape index (κ1) is 15.9. The molecule has 1 amide bonds. The van der Waals surface area contributed by atoms with Crippen molar-refractivity contribution in [2.75, 3.05) is 39.4 Å². The van der Waals surface area contributed by atoms with Crippen molar-refractivity contribution in [1.29, 1.82) is 0 Å². The van der Waals surface area contributed by atoms with E-state index in [0.717, 1.165) is 44.8 Å². The minimum atomic E-state index is -0.731. The maximum atomic E-state index is 11.8. The fourth-order valence-electron chi connectivity index (χ4n) is 2.40. The SMILES string of the molecule is O=C(CC(O)c1ccccc1)NCCCN1CCOCC1. The molecule has 1 fully saturated rings. The summed E-state index contributed by atoms with van der Waals surface area (Å²) >= 11 is 0. The molecule has 1 aromatic carbocycles. The van der Waals surface area contributed by atoms with Crippen LogP contribution in [0.15, 0.2) is 30.3 Å². The Morgan fingerprint density at radius 2 is 2.00 bits per heavy atom. The molecule has 1 aliphatic heterocycles. The number of benzene rings is 1. The Balaban J connectivity index is 1.59. The van der Waals surface area contributed by atoms with E-state index >= 15 is 0 Å². The number of ether oxygens (including phenoxy) is 1. The van der Waals surface area contributed by atoms with Gasteiger partial charge in [0.15, 0.2) is 0 Å². The lowest BCUT2D eigenvalue weighted by atomic mass is 10.1. The van der Waals surface area contributed by atoms with E-state index in [9.17, 15) is 9.90 Å². The lowest BCUT2D eigenvalue weighted by Crippen LogP contribution is -2.38. The van der Waals surface area contributed by atoms with E-state index in [1.54, 1.807) is 0 Å². The van der Waals surface area contributed by atoms with Gasteiger partial charge in [-0.25, -0.2) is 0 Å². The Morgan fingerprint density at radius 1 is 1.29 bits per heavy atom. The summed E-state index contributed by atoms with van der Waals surface area (Å²) < 4.78 is 5.29. The largest absolute Gasteiger partial charge is 0.388 e. The van der Waals surface area contributed by atoms with Crippen molar-refractivity contribution >= 4 is 5.91 Å². The van der Waals surface area contributed by atoms with Crippen LogP contribution in [0.1, 0.15) is 24.5 Å². The molecule has 0 saturated carbocycles. The number of nitrogens with one attached hydrogen (secondary N) is 1. The van der Waals surface area contributed by atoms with Crippen molar-refractivity contribution < 1.29 is 14.6 Å². The highest BCUT2D eigenvalue weighted by Crippen LogP contribution is 2.15. The van der Waals surface area contributed by atoms with Crippen LogP contribution >= 0.6 is 0 Å². The van der Waals surface area contributed by atoms with E-state index in [0.29, 0.717) is 6.54 Å². The lowest BCUT2D eigenvalue weighted by Gasteiger charge is -2.26. The van der Waals surface area contributed by atoms with Crippen LogP contribution in [0.5, 0.6) is 0 Å². The highest BCUT2D eigenvalue weighted by atomic mass is 16.5. The molecule has 0 aromatic heterocycles. The summed E-state index contributed by atoms with van der Waals surface area (Å²) in [6, 6.07) is 9.27. The van der Waals surface area contributed by atoms with E-state index in [1.165, 1.54) is 0 Å². The van der Waals surface area contributed by atoms with Gasteiger partial charge in [0.05, 0.1) is 25.7 Å². The van der Waals surface area contributed by atoms with Gasteiger partial charge >= 0.3 is 0 Å². The second-order valence-corrected chi connectivity index (χ2v) is 5.29. The number of aliphatic hydroxyl groups is 1. The zero-order valence-electron chi connectivity index (χ0n) is 12.3. The number of hydrogen-bond acceptors (Lipinski definition) is 4. The molecule has 0 aliphatic carbocycles. The molecule has 1 saturated heterocycles. The standard InChI is InChI=1S/C16H24N2O3/c19-15(14-5-2-1-3-6-14)13-16(20)17-7-4-8-18-9-11-21-12-10-18/h1-3,5-6,15,19H,4,7-13H2,(H,17,20). The predicted octanol–water partition coefficient (Wildman–Crippen LogP) is 0.949. The third-order valence-corrected chi connectivity index (χ3v) is 3.64. The fourth-order valence-corrected chi connectivity index (χ4v) is 2.40. The van der Waals surface area contributed by atoms with E-state index in [1.807, 2.05) is 30.3 Å². The van der Waals surface area contributed by atoms with Crippen LogP contribution in [0, 0.1) is 0 Å². The average Bonchev–Trinajstić information content (AvgIpc) is 2.53. The Morgan fingerprint density at radius 3 is 2.71 bits per heavy atom. The Kier molecular flexibility index (Phi) is 6.66. The first-order valence-electron chi connectivity index (χ1n) is 7.55. The minimum Gasteiger partial charge on any atom is -0.388 e. The van der Waals surface area contributed by atoms with Crippen molar-refractivity contribution in [3.63, 3.8) is 0 Å². The summed E-state index contributed by atoms with van der Waals surface area (Å²) in [7, 11) is 0. The van der Waals surface area contributed by atoms with Crippen molar-refractivity contribution in [3.8, 4) is 0 Å². The molecule has 1 unspecified atom stereocenters. The Hall–Kier alpha value is -1.43. The number of nitrogens with zero attached hydrogens (tertiary/aromatic N) is 1. The van der Waals surface area contributed by atoms with Gasteiger partial charge in [-0.05, 0) is 18.5 Å². The maximum Gasteiger partial charge on any atom is 0.222 e. The summed E-state index contributed by atoms with van der Waals surface area (Å²) in [6.45, 7) is 5.18. The van der Waals surface area contributed by atoms with Gasteiger partial charge in [-0.3, -0.25) is 9.69 Å². The molecule has 1 atom stereocenters. The molecular formula is C16H24N2O3. The number of hydrogen-bond donors (Lipinski definition) is 2. The van der Waals surface area contributed by atoms with Crippen LogP contribution < -0.4 is 5.32 Å². The summed E-state index contributed by atoms with van der Waals surface area (Å²) in [5.74, 6) is -0.103. The van der Waals surface area contributed by atoms with Crippen LogP contribution in [0.25, 0.3) is 0 Å². The molecule has 0 radical (unpaired) electrons. The zero-order chi connectivity index (χ0) is 14.9. The van der Waals surface area contributed by atoms with E-state index in [-0.39, 0.29) is 12.3 Å². The number of carbonyl (C=O) groups is 1. The first-order chi connectivity index (χ1) is 10.3. The normalized spacial score (nSPS) is 17.4. The number of morpholine rings is 1. The quantitative estimate of drug-likeness (QED) is 0.735. The lowest BCUT2D eigenvalue weighted by molar-refractivity contribution is -0.123. The highest BCUT2D eigenvalue weighted by Gasteiger charge is 2.13. The van der Waals surface area contributed by atoms with Crippen LogP contribution in [-0.2, 0) is 9.53 Å². The van der Waals surface area contributed by atoms with Crippen LogP contribution in [-0.4, -0.2) is 55.3 Å². The maximum absolute atomic E-state index is 11.8. The molecule has 1 heterocycles. The molecule has 0 bridgehead atoms. The van der Waals surface area contributed by atoms with E-state index in [4.69, 9.17) is 4.74 Å². The number of rotatable bonds is 7. The highest BCUT2D eigenvalue weighted by molar-refractivity contribution is 5.76. The zero-order valence-corrected chi connectivity index (χ0v) is 12.3. The Bertz CT molecular complexity index is 419. The average molecular weight is 292 g/mol. The van der Waals surface area contributed by atoms with Gasteiger partial charge in [0.1, 0.15) is 0 Å². The smallest absolute Gasteiger partial charge is 0.222 e. The number of carbonyl (C=O) groups excluding carboxylic acids is 1. The molecule has 2 rings (SSSR count). The minimum absolute atomic E-state index is 0.103. The van der Waals surface area contributed by atoms with Crippen molar-refractivity contribution in [1.82, 2.24) is 10.2 Å². The van der Waals surface area contributed by atoms with Crippen molar-refractivity contribution in [3.05, 3.63) is 35.9 Å². The van der Waals surface area contributed by atoms with Crippen LogP contribution in [0.2, 0.25) is 0 Å². The topological polar surface area (TPSA) is 61.8 Å². The molecule has 5 nitrogen and oxygen atoms in total. The second kappa shape index (κ2) is 8.77. The van der Waals surface area contributed by atoms with Gasteiger partial charge in [0, 0.05) is 19.6 Å². The Labute approximate surface area is 125 Å². The van der Waals surface area contributed by atoms with Gasteiger partial charge in [-0.1, -0.05) is 30.3 Å². The van der Waals surface area contributed by atoms with Gasteiger partial charge in [-0.2, -0.15) is 0 Å². The molecule has 2 N–H and O–H groups in total. The van der Waals surface area contributed by atoms with E-state index < -0.39 is 6.10 Å². The van der Waals surface area contributed by atoms with Gasteiger partial charge in [0.25, 0.3) is 0 Å². The number of amides is 1. The van der Waals surface area contributed by atoms with Crippen molar-refractivity contribution in [2.24, 2.45) is 0 Å². The van der Waals surface area contributed by atoms with Crippen LogP contribution in [0.4, 0.5) is 0 Å². The first-order valence-corrected chi connectivity index (χ1v) is 7.55. The summed E-state index contributed by atoms with van der Waals surface area (Å²) in [5.41, 5.74) is 0.779. The van der Waals surface area contributed by atoms with Gasteiger partial charge < -0.3 is 15.2 Å². The second-order valence-electron chi connectivity index (χ2n) is 5.29. The summed E-state index contributed by atoms with van der Waals surface area (Å²) in [5, 5.41) is 12.8. The molecule has 0 spiro atoms. The molecular weight excluding hydrogens is 268 g/mol. The predicted molar refractivity (Wildman–Crippen MR) is 80.9 cm³/mol. The summed E-state index contributed by atoms with van der Waals surface area (Å²) in [4.78, 5) is 14.1. The third-order valence-electron chi connectivity index (χ3n) is 3.64. The third kappa shape index (κ3) is 5.83. The molecule has 21 heavy (non-hydrogen) atoms. The van der Waals surface area contributed by atoms with Gasteiger partial charge in [-0.15, -0.1) is 0 Å². The fraction of sp³-hybridized carbons (Fsp3) is 0.562. The molecule has 1 aromatic rings.